The predicted molar refractivity (Wildman–Crippen MR) is 218 cm³/mol. The van der Waals surface area contributed by atoms with Crippen LogP contribution >= 0.6 is 23.2 Å². The second kappa shape index (κ2) is 15.3. The summed E-state index contributed by atoms with van der Waals surface area (Å²) in [6.07, 6.45) is 8.51. The number of amides is 2. The van der Waals surface area contributed by atoms with Gasteiger partial charge >= 0.3 is 274 Å². The van der Waals surface area contributed by atoms with Crippen LogP contribution in [0.5, 0.6) is 0 Å². The number of aromatic nitrogens is 4. The first-order valence-corrected chi connectivity index (χ1v) is 18.6. The number of carbonyl (C=O) groups is 2. The first kappa shape index (κ1) is 35.3. The Morgan fingerprint density at radius 2 is 1.61 bits per heavy atom. The van der Waals surface area contributed by atoms with Crippen molar-refractivity contribution >= 4 is 64.3 Å². The molecule has 0 aliphatic carbocycles. The summed E-state index contributed by atoms with van der Waals surface area (Å²) in [6.45, 7) is 5.57. The number of carbonyl (C=O) groups excluding carboxylic acids is 2. The molecule has 9 nitrogen and oxygen atoms in total. The molecule has 0 bridgehead atoms. The molecule has 1 fully saturated rings. The Labute approximate surface area is 323 Å². The van der Waals surface area contributed by atoms with Gasteiger partial charge in [-0.15, -0.1) is 0 Å². The number of aromatic amines is 1. The van der Waals surface area contributed by atoms with E-state index in [0.717, 1.165) is 51.6 Å². The normalized spacial score (nSPS) is 13.8. The van der Waals surface area contributed by atoms with E-state index in [4.69, 9.17) is 28.2 Å². The molecule has 2 amide bonds. The molecule has 3 aromatic carbocycles. The van der Waals surface area contributed by atoms with Crippen LogP contribution in [0.15, 0.2) is 122 Å². The van der Waals surface area contributed by atoms with Gasteiger partial charge in [0, 0.05) is 18.0 Å². The molecule has 268 valence electrons. The Morgan fingerprint density at radius 3 is 2.37 bits per heavy atom. The monoisotopic (exact) mass is 751 g/mol. The zero-order chi connectivity index (χ0) is 37.2. The van der Waals surface area contributed by atoms with E-state index in [-0.39, 0.29) is 23.9 Å². The molecule has 1 saturated heterocycles. The maximum atomic E-state index is 14.7. The van der Waals surface area contributed by atoms with E-state index in [0.29, 0.717) is 45.9 Å². The Hall–Kier alpha value is -5.71. The Balaban J connectivity index is 1.14. The third-order valence-electron chi connectivity index (χ3n) is 10.1. The topological polar surface area (TPSA) is 108 Å². The van der Waals surface area contributed by atoms with Gasteiger partial charge in [0.15, 0.2) is 0 Å². The molecule has 0 saturated carbocycles. The third kappa shape index (κ3) is 7.15. The molecular weight excluding hydrogens is 716 g/mol. The first-order chi connectivity index (χ1) is 26.3. The molecule has 1 atom stereocenters. The van der Waals surface area contributed by atoms with Crippen LogP contribution < -0.4 is 15.5 Å². The summed E-state index contributed by atoms with van der Waals surface area (Å²) in [5, 5.41) is 8.45. The van der Waals surface area contributed by atoms with E-state index in [2.05, 4.69) is 62.1 Å². The Morgan fingerprint density at radius 1 is 0.870 bits per heavy atom. The number of piperidine rings is 1. The summed E-state index contributed by atoms with van der Waals surface area (Å²) in [4.78, 5) is 41.8. The van der Waals surface area contributed by atoms with Gasteiger partial charge in [0.25, 0.3) is 5.91 Å². The SMILES string of the molecule is CC(c1ccc(Cl)cc1)n1cbc(-c2ccccc2)c1-c1c(C(=O)Nc2cccnc2N2CCC(NC(=O)c3ccncc3)CC2)[nH]c2cc(Cl)ccc12. The van der Waals surface area contributed by atoms with Gasteiger partial charge in [-0.1, -0.05) is 0 Å². The Bertz CT molecular complexity index is 2440. The molecule has 0 spiro atoms. The quantitative estimate of drug-likeness (QED) is 0.137. The fourth-order valence-corrected chi connectivity index (χ4v) is 7.61. The van der Waals surface area contributed by atoms with Crippen LogP contribution in [0.3, 0.4) is 0 Å². The number of hydrogen-bond donors (Lipinski definition) is 3. The van der Waals surface area contributed by atoms with Gasteiger partial charge in [0.2, 0.25) is 0 Å². The fraction of sp³-hybridized carbons (Fsp3) is 0.167. The number of nitrogens with zero attached hydrogens (tertiary/aromatic N) is 4. The summed E-state index contributed by atoms with van der Waals surface area (Å²) >= 11 is 12.8. The van der Waals surface area contributed by atoms with E-state index in [1.54, 1.807) is 30.7 Å². The molecule has 54 heavy (non-hydrogen) atoms. The molecule has 1 unspecified atom stereocenters. The second-order valence-electron chi connectivity index (χ2n) is 13.4. The van der Waals surface area contributed by atoms with Crippen molar-refractivity contribution in [2.45, 2.75) is 31.8 Å². The van der Waals surface area contributed by atoms with Crippen LogP contribution in [-0.2, 0) is 0 Å². The molecule has 7 aromatic rings. The maximum absolute atomic E-state index is 14.7. The van der Waals surface area contributed by atoms with Crippen molar-refractivity contribution in [3.63, 3.8) is 0 Å². The number of rotatable bonds is 9. The fourth-order valence-electron chi connectivity index (χ4n) is 7.31. The van der Waals surface area contributed by atoms with Gasteiger partial charge < -0.3 is 5.32 Å². The first-order valence-electron chi connectivity index (χ1n) is 17.9. The number of H-pyrrole nitrogens is 1. The van der Waals surface area contributed by atoms with E-state index < -0.39 is 0 Å². The van der Waals surface area contributed by atoms with Crippen molar-refractivity contribution in [3.05, 3.63) is 149 Å². The molecule has 0 radical (unpaired) electrons. The molecule has 3 N–H and O–H groups in total. The van der Waals surface area contributed by atoms with Crippen molar-refractivity contribution in [2.75, 3.05) is 23.3 Å². The zero-order valence-electron chi connectivity index (χ0n) is 29.5. The van der Waals surface area contributed by atoms with Crippen LogP contribution in [0.25, 0.3) is 33.2 Å². The van der Waals surface area contributed by atoms with E-state index >= 15 is 0 Å². The van der Waals surface area contributed by atoms with Crippen molar-refractivity contribution in [2.24, 2.45) is 0 Å². The molecule has 12 heteroatoms. The number of anilines is 2. The van der Waals surface area contributed by atoms with Crippen LogP contribution in [0.1, 0.15) is 52.2 Å². The predicted octanol–water partition coefficient (Wildman–Crippen LogP) is 9.00. The minimum absolute atomic E-state index is 0.0229. The van der Waals surface area contributed by atoms with Gasteiger partial charge in [-0.3, -0.25) is 9.78 Å². The van der Waals surface area contributed by atoms with Crippen LogP contribution in [0.4, 0.5) is 11.5 Å². The summed E-state index contributed by atoms with van der Waals surface area (Å²) in [7, 11) is 0. The molecule has 5 heterocycles. The number of pyridine rings is 2. The van der Waals surface area contributed by atoms with E-state index in [1.807, 2.05) is 72.8 Å². The van der Waals surface area contributed by atoms with Crippen molar-refractivity contribution in [1.29, 1.82) is 0 Å². The van der Waals surface area contributed by atoms with Gasteiger partial charge in [-0.05, 0) is 12.1 Å². The Kier molecular flexibility index (Phi) is 10.0. The molecular formula is C42H36BCl2N7O2. The summed E-state index contributed by atoms with van der Waals surface area (Å²) < 4.78 is 2.21. The van der Waals surface area contributed by atoms with Gasteiger partial charge in [-0.25, -0.2) is 0 Å². The molecule has 8 rings (SSSR count). The number of hydrogen-bond acceptors (Lipinski definition) is 5. The number of benzene rings is 3. The van der Waals surface area contributed by atoms with Gasteiger partial charge in [0.1, 0.15) is 0 Å². The average molecular weight is 753 g/mol. The van der Waals surface area contributed by atoms with Crippen molar-refractivity contribution < 1.29 is 9.59 Å². The average Bonchev–Trinajstić information content (AvgIpc) is 3.81. The van der Waals surface area contributed by atoms with E-state index in [9.17, 15) is 9.59 Å². The summed E-state index contributed by atoms with van der Waals surface area (Å²) in [5.41, 5.74) is 7.08. The summed E-state index contributed by atoms with van der Waals surface area (Å²) in [5.74, 6) is 0.258. The number of nitrogens with one attached hydrogen (secondary N) is 3. The molecule has 4 aromatic heterocycles. The van der Waals surface area contributed by atoms with Crippen LogP contribution in [0.2, 0.25) is 10.0 Å². The minimum atomic E-state index is -0.308. The number of fused-ring (bicyclic) bond motifs is 1. The van der Waals surface area contributed by atoms with Crippen LogP contribution in [-0.4, -0.2) is 57.4 Å². The van der Waals surface area contributed by atoms with Gasteiger partial charge in [-0.2, -0.15) is 0 Å². The molecule has 1 aliphatic rings. The van der Waals surface area contributed by atoms with Gasteiger partial charge in [0.05, 0.1) is 0 Å². The summed E-state index contributed by atoms with van der Waals surface area (Å²) in [6, 6.07) is 30.8. The second-order valence-corrected chi connectivity index (χ2v) is 14.3. The number of halogens is 2. The molecule has 1 aliphatic heterocycles. The van der Waals surface area contributed by atoms with Crippen molar-refractivity contribution in [1.82, 2.24) is 24.8 Å². The zero-order valence-corrected chi connectivity index (χ0v) is 31.0. The third-order valence-corrected chi connectivity index (χ3v) is 10.6. The van der Waals surface area contributed by atoms with Crippen molar-refractivity contribution in [3.8, 4) is 22.3 Å². The van der Waals surface area contributed by atoms with Crippen LogP contribution in [0, 0.1) is 0 Å². The van der Waals surface area contributed by atoms with E-state index in [1.165, 1.54) is 0 Å². The standard InChI is InChI=1S/C42H36BCl2N7O2/c1-26(27-9-11-30(44)12-10-27)52-25-43-37(28-6-3-2-4-7-28)39(52)36-33-14-13-31(45)24-35(33)49-38(36)42(54)50-34-8-5-19-47-40(34)51-22-17-32(18-23-51)48-41(53)29-15-20-46-21-16-29/h2-16,19-21,24-26,32,49H,17-18,22-23H2,1H3,(H,48,53)(H,50,54).